The van der Waals surface area contributed by atoms with Gasteiger partial charge in [-0.2, -0.15) is 0 Å². The number of aromatic nitrogens is 1. The lowest BCUT2D eigenvalue weighted by Gasteiger charge is -2.10. The van der Waals surface area contributed by atoms with Crippen LogP contribution in [-0.2, 0) is 9.53 Å². The minimum absolute atomic E-state index is 0.0595. The number of anilines is 1. The van der Waals surface area contributed by atoms with Crippen molar-refractivity contribution >= 4 is 33.1 Å². The molecule has 1 aliphatic rings. The van der Waals surface area contributed by atoms with Crippen LogP contribution in [-0.4, -0.2) is 23.6 Å². The van der Waals surface area contributed by atoms with Gasteiger partial charge in [-0.25, -0.2) is 4.98 Å². The summed E-state index contributed by atoms with van der Waals surface area (Å²) in [4.78, 5) is 16.8. The molecule has 1 aliphatic heterocycles. The minimum atomic E-state index is -0.308. The molecule has 0 bridgehead atoms. The Labute approximate surface area is 144 Å². The summed E-state index contributed by atoms with van der Waals surface area (Å²) in [5.41, 5.74) is 4.11. The lowest BCUT2D eigenvalue weighted by Crippen LogP contribution is -2.26. The summed E-state index contributed by atoms with van der Waals surface area (Å²) in [6, 6.07) is 14.1. The largest absolute Gasteiger partial charge is 0.368 e. The average Bonchev–Trinajstić information content (AvgIpc) is 3.24. The zero-order valence-electron chi connectivity index (χ0n) is 13.4. The van der Waals surface area contributed by atoms with Crippen LogP contribution < -0.4 is 5.32 Å². The van der Waals surface area contributed by atoms with E-state index in [-0.39, 0.29) is 12.0 Å². The lowest BCUT2D eigenvalue weighted by molar-refractivity contribution is -0.124. The van der Waals surface area contributed by atoms with Gasteiger partial charge in [0.05, 0.1) is 10.2 Å². The Morgan fingerprint density at radius 3 is 2.83 bits per heavy atom. The number of amides is 1. The maximum absolute atomic E-state index is 12.1. The molecule has 4 rings (SSSR count). The van der Waals surface area contributed by atoms with E-state index < -0.39 is 0 Å². The summed E-state index contributed by atoms with van der Waals surface area (Å²) in [6.07, 6.45) is 1.44. The third kappa shape index (κ3) is 3.05. The summed E-state index contributed by atoms with van der Waals surface area (Å²) < 4.78 is 6.60. The Kier molecular flexibility index (Phi) is 4.04. The van der Waals surface area contributed by atoms with Crippen LogP contribution in [0.3, 0.4) is 0 Å². The van der Waals surface area contributed by atoms with Crippen molar-refractivity contribution in [2.75, 3.05) is 11.9 Å². The number of hydrogen-bond acceptors (Lipinski definition) is 4. The van der Waals surface area contributed by atoms with E-state index >= 15 is 0 Å². The first-order valence-electron chi connectivity index (χ1n) is 8.09. The molecule has 1 saturated heterocycles. The van der Waals surface area contributed by atoms with Gasteiger partial charge in [-0.15, -0.1) is 11.3 Å². The minimum Gasteiger partial charge on any atom is -0.368 e. The number of aryl methyl sites for hydroxylation is 1. The van der Waals surface area contributed by atoms with E-state index in [4.69, 9.17) is 4.74 Å². The molecule has 1 fully saturated rings. The zero-order chi connectivity index (χ0) is 16.5. The molecular formula is C19H18N2O2S. The first kappa shape index (κ1) is 15.3. The lowest BCUT2D eigenvalue weighted by atomic mass is 10.2. The SMILES string of the molecule is Cc1ccc2nc(-c3ccc(NC(=O)[C@H]4CCCO4)cc3)sc2c1. The number of nitrogens with one attached hydrogen (secondary N) is 1. The first-order chi connectivity index (χ1) is 11.7. The van der Waals surface area contributed by atoms with Gasteiger partial charge >= 0.3 is 0 Å². The highest BCUT2D eigenvalue weighted by molar-refractivity contribution is 7.21. The third-order valence-electron chi connectivity index (χ3n) is 4.17. The van der Waals surface area contributed by atoms with Gasteiger partial charge in [-0.3, -0.25) is 4.79 Å². The molecule has 1 aromatic heterocycles. The summed E-state index contributed by atoms with van der Waals surface area (Å²) in [5.74, 6) is -0.0595. The van der Waals surface area contributed by atoms with E-state index in [1.165, 1.54) is 10.3 Å². The highest BCUT2D eigenvalue weighted by Crippen LogP contribution is 2.31. The molecule has 0 aliphatic carbocycles. The molecule has 1 amide bonds. The van der Waals surface area contributed by atoms with E-state index in [0.29, 0.717) is 6.61 Å². The van der Waals surface area contributed by atoms with Gasteiger partial charge in [0, 0.05) is 17.9 Å². The van der Waals surface area contributed by atoms with Crippen LogP contribution in [0.15, 0.2) is 42.5 Å². The second kappa shape index (κ2) is 6.34. The predicted molar refractivity (Wildman–Crippen MR) is 97.4 cm³/mol. The zero-order valence-corrected chi connectivity index (χ0v) is 14.2. The summed E-state index contributed by atoms with van der Waals surface area (Å²) in [5, 5.41) is 3.91. The molecule has 3 aromatic rings. The van der Waals surface area contributed by atoms with E-state index in [2.05, 4.69) is 35.4 Å². The smallest absolute Gasteiger partial charge is 0.253 e. The first-order valence-corrected chi connectivity index (χ1v) is 8.91. The Morgan fingerprint density at radius 1 is 1.25 bits per heavy atom. The Hall–Kier alpha value is -2.24. The molecule has 5 heteroatoms. The fourth-order valence-electron chi connectivity index (χ4n) is 2.86. The van der Waals surface area contributed by atoms with Gasteiger partial charge in [-0.1, -0.05) is 6.07 Å². The Balaban J connectivity index is 1.53. The number of nitrogens with zero attached hydrogens (tertiary/aromatic N) is 1. The summed E-state index contributed by atoms with van der Waals surface area (Å²) >= 11 is 1.69. The second-order valence-corrected chi connectivity index (χ2v) is 7.09. The molecule has 0 radical (unpaired) electrons. The monoisotopic (exact) mass is 338 g/mol. The third-order valence-corrected chi connectivity index (χ3v) is 5.23. The molecule has 24 heavy (non-hydrogen) atoms. The molecule has 1 N–H and O–H groups in total. The molecule has 0 spiro atoms. The topological polar surface area (TPSA) is 51.2 Å². The average molecular weight is 338 g/mol. The van der Waals surface area contributed by atoms with E-state index in [1.54, 1.807) is 11.3 Å². The number of hydrogen-bond donors (Lipinski definition) is 1. The van der Waals surface area contributed by atoms with Crippen molar-refractivity contribution in [1.29, 1.82) is 0 Å². The number of ether oxygens (including phenoxy) is 1. The molecule has 0 saturated carbocycles. The molecule has 122 valence electrons. The van der Waals surface area contributed by atoms with Crippen LogP contribution in [0.2, 0.25) is 0 Å². The van der Waals surface area contributed by atoms with E-state index in [9.17, 15) is 4.79 Å². The fourth-order valence-corrected chi connectivity index (χ4v) is 3.93. The maximum Gasteiger partial charge on any atom is 0.253 e. The molecule has 4 nitrogen and oxygen atoms in total. The van der Waals surface area contributed by atoms with Gasteiger partial charge < -0.3 is 10.1 Å². The van der Waals surface area contributed by atoms with Crippen LogP contribution in [0.25, 0.3) is 20.8 Å². The van der Waals surface area contributed by atoms with Gasteiger partial charge in [-0.05, 0) is 61.7 Å². The highest BCUT2D eigenvalue weighted by atomic mass is 32.1. The van der Waals surface area contributed by atoms with Gasteiger partial charge in [0.15, 0.2) is 0 Å². The van der Waals surface area contributed by atoms with Crippen LogP contribution in [0.1, 0.15) is 18.4 Å². The normalized spacial score (nSPS) is 17.3. The second-order valence-electron chi connectivity index (χ2n) is 6.06. The van der Waals surface area contributed by atoms with Crippen molar-refractivity contribution < 1.29 is 9.53 Å². The van der Waals surface area contributed by atoms with Crippen molar-refractivity contribution in [3.05, 3.63) is 48.0 Å². The summed E-state index contributed by atoms with van der Waals surface area (Å²) in [7, 11) is 0. The quantitative estimate of drug-likeness (QED) is 0.770. The predicted octanol–water partition coefficient (Wildman–Crippen LogP) is 4.39. The molecule has 0 unspecified atom stereocenters. The van der Waals surface area contributed by atoms with Crippen molar-refractivity contribution in [2.45, 2.75) is 25.9 Å². The van der Waals surface area contributed by atoms with Crippen LogP contribution in [0.4, 0.5) is 5.69 Å². The van der Waals surface area contributed by atoms with Crippen molar-refractivity contribution in [3.63, 3.8) is 0 Å². The number of carbonyl (C=O) groups excluding carboxylic acids is 1. The van der Waals surface area contributed by atoms with E-state index in [1.807, 2.05) is 24.3 Å². The Bertz CT molecular complexity index is 880. The molecule has 2 aromatic carbocycles. The highest BCUT2D eigenvalue weighted by Gasteiger charge is 2.23. The molecule has 2 heterocycles. The van der Waals surface area contributed by atoms with Crippen molar-refractivity contribution in [1.82, 2.24) is 4.98 Å². The van der Waals surface area contributed by atoms with Gasteiger partial charge in [0.2, 0.25) is 0 Å². The number of rotatable bonds is 3. The summed E-state index contributed by atoms with van der Waals surface area (Å²) in [6.45, 7) is 2.76. The van der Waals surface area contributed by atoms with Gasteiger partial charge in [0.1, 0.15) is 11.1 Å². The standard InChI is InChI=1S/C19H18N2O2S/c1-12-4-9-15-17(11-12)24-19(21-15)13-5-7-14(8-6-13)20-18(22)16-3-2-10-23-16/h4-9,11,16H,2-3,10H2,1H3,(H,20,22)/t16-/m1/s1. The maximum atomic E-state index is 12.1. The van der Waals surface area contributed by atoms with Crippen molar-refractivity contribution in [2.24, 2.45) is 0 Å². The van der Waals surface area contributed by atoms with Crippen LogP contribution in [0.5, 0.6) is 0 Å². The fraction of sp³-hybridized carbons (Fsp3) is 0.263. The van der Waals surface area contributed by atoms with Gasteiger partial charge in [0.25, 0.3) is 5.91 Å². The van der Waals surface area contributed by atoms with Crippen LogP contribution >= 0.6 is 11.3 Å². The number of thiazole rings is 1. The van der Waals surface area contributed by atoms with Crippen molar-refractivity contribution in [3.8, 4) is 10.6 Å². The Morgan fingerprint density at radius 2 is 2.08 bits per heavy atom. The van der Waals surface area contributed by atoms with E-state index in [0.717, 1.165) is 34.6 Å². The molecule has 1 atom stereocenters. The number of fused-ring (bicyclic) bond motifs is 1. The molecular weight excluding hydrogens is 320 g/mol. The number of benzene rings is 2. The number of carbonyl (C=O) groups is 1. The van der Waals surface area contributed by atoms with Crippen LogP contribution in [0, 0.1) is 6.92 Å².